The van der Waals surface area contributed by atoms with Crippen LogP contribution in [0.3, 0.4) is 0 Å². The van der Waals surface area contributed by atoms with Gasteiger partial charge in [-0.25, -0.2) is 0 Å². The smallest absolute Gasteiger partial charge is 0.174 e. The molecule has 0 spiro atoms. The Bertz CT molecular complexity index is 402. The summed E-state index contributed by atoms with van der Waals surface area (Å²) in [6, 6.07) is 2.39. The number of carbonyl (C=O) groups excluding carboxylic acids is 1. The topological polar surface area (TPSA) is 23.6 Å². The first-order valence-corrected chi connectivity index (χ1v) is 6.92. The number of piperazine rings is 1. The lowest BCUT2D eigenvalue weighted by molar-refractivity contribution is 0.0813. The zero-order valence-electron chi connectivity index (χ0n) is 10.8. The Morgan fingerprint density at radius 2 is 2.24 bits per heavy atom. The van der Waals surface area contributed by atoms with Gasteiger partial charge in [0.2, 0.25) is 0 Å². The van der Waals surface area contributed by atoms with Crippen molar-refractivity contribution >= 4 is 17.1 Å². The highest BCUT2D eigenvalue weighted by molar-refractivity contribution is 7.12. The Morgan fingerprint density at radius 1 is 1.47 bits per heavy atom. The van der Waals surface area contributed by atoms with E-state index in [1.807, 2.05) is 18.4 Å². The predicted molar refractivity (Wildman–Crippen MR) is 71.9 cm³/mol. The number of hydrogen-bond donors (Lipinski definition) is 0. The Labute approximate surface area is 107 Å². The molecule has 1 aliphatic heterocycles. The van der Waals surface area contributed by atoms with Gasteiger partial charge in [0.1, 0.15) is 0 Å². The summed E-state index contributed by atoms with van der Waals surface area (Å²) in [5, 5.41) is 2.00. The Morgan fingerprint density at radius 3 is 2.88 bits per heavy atom. The van der Waals surface area contributed by atoms with Gasteiger partial charge >= 0.3 is 0 Å². The summed E-state index contributed by atoms with van der Waals surface area (Å²) in [6.07, 6.45) is 0.641. The third kappa shape index (κ3) is 2.94. The molecule has 0 saturated carbocycles. The van der Waals surface area contributed by atoms with Crippen LogP contribution in [0, 0.1) is 6.92 Å². The van der Waals surface area contributed by atoms with Crippen LogP contribution in [-0.4, -0.2) is 55.4 Å². The fourth-order valence-electron chi connectivity index (χ4n) is 2.29. The molecule has 1 saturated heterocycles. The lowest BCUT2D eigenvalue weighted by atomic mass is 10.0. The van der Waals surface area contributed by atoms with E-state index in [4.69, 9.17) is 0 Å². The third-order valence-electron chi connectivity index (χ3n) is 3.52. The molecule has 0 radical (unpaired) electrons. The van der Waals surface area contributed by atoms with Crippen molar-refractivity contribution in [1.82, 2.24) is 9.80 Å². The second kappa shape index (κ2) is 5.29. The minimum absolute atomic E-state index is 0.296. The fraction of sp³-hybridized carbons (Fsp3) is 0.615. The van der Waals surface area contributed by atoms with Crippen LogP contribution in [0.4, 0.5) is 0 Å². The van der Waals surface area contributed by atoms with Crippen molar-refractivity contribution in [2.45, 2.75) is 19.4 Å². The highest BCUT2D eigenvalue weighted by atomic mass is 32.1. The molecule has 0 amide bonds. The summed E-state index contributed by atoms with van der Waals surface area (Å²) in [5.41, 5.74) is 1.12. The van der Waals surface area contributed by atoms with Crippen molar-refractivity contribution in [3.05, 3.63) is 21.9 Å². The molecule has 1 atom stereocenters. The Balaban J connectivity index is 2.01. The monoisotopic (exact) mass is 252 g/mol. The Kier molecular flexibility index (Phi) is 3.97. The first-order valence-electron chi connectivity index (χ1n) is 6.04. The summed E-state index contributed by atoms with van der Waals surface area (Å²) in [6.45, 7) is 5.16. The zero-order valence-corrected chi connectivity index (χ0v) is 11.6. The maximum absolute atomic E-state index is 12.2. The van der Waals surface area contributed by atoms with Crippen molar-refractivity contribution < 1.29 is 4.79 Å². The van der Waals surface area contributed by atoms with Gasteiger partial charge in [-0.2, -0.15) is 0 Å². The molecule has 1 aromatic rings. The molecule has 2 rings (SSSR count). The molecule has 3 nitrogen and oxygen atoms in total. The molecule has 1 fully saturated rings. The van der Waals surface area contributed by atoms with Crippen LogP contribution in [0.1, 0.15) is 21.7 Å². The summed E-state index contributed by atoms with van der Waals surface area (Å²) in [7, 11) is 4.24. The molecule has 2 heterocycles. The molecular formula is C13H20N2OS. The van der Waals surface area contributed by atoms with Crippen LogP contribution >= 0.6 is 11.3 Å². The molecule has 4 heteroatoms. The molecular weight excluding hydrogens is 232 g/mol. The maximum Gasteiger partial charge on any atom is 0.174 e. The molecule has 0 bridgehead atoms. The standard InChI is InChI=1S/C13H20N2OS/c1-10-4-7-17-13(10)12(16)8-11-9-14(2)5-6-15(11)3/h4,7,11H,5-6,8-9H2,1-3H3. The van der Waals surface area contributed by atoms with Gasteiger partial charge in [-0.05, 0) is 38.0 Å². The summed E-state index contributed by atoms with van der Waals surface area (Å²) in [4.78, 5) is 17.8. The van der Waals surface area contributed by atoms with E-state index in [1.165, 1.54) is 0 Å². The van der Waals surface area contributed by atoms with Crippen LogP contribution in [-0.2, 0) is 0 Å². The lowest BCUT2D eigenvalue weighted by Crippen LogP contribution is -2.50. The number of carbonyl (C=O) groups is 1. The molecule has 0 N–H and O–H groups in total. The average molecular weight is 252 g/mol. The number of hydrogen-bond acceptors (Lipinski definition) is 4. The van der Waals surface area contributed by atoms with Crippen molar-refractivity contribution in [2.75, 3.05) is 33.7 Å². The average Bonchev–Trinajstić information content (AvgIpc) is 2.70. The van der Waals surface area contributed by atoms with Crippen molar-refractivity contribution in [2.24, 2.45) is 0 Å². The van der Waals surface area contributed by atoms with Gasteiger partial charge in [0.05, 0.1) is 4.88 Å². The molecule has 1 aromatic heterocycles. The van der Waals surface area contributed by atoms with E-state index in [2.05, 4.69) is 23.9 Å². The van der Waals surface area contributed by atoms with Gasteiger partial charge in [0, 0.05) is 32.1 Å². The van der Waals surface area contributed by atoms with Crippen LogP contribution in [0.15, 0.2) is 11.4 Å². The minimum Gasteiger partial charge on any atom is -0.304 e. The van der Waals surface area contributed by atoms with E-state index < -0.39 is 0 Å². The van der Waals surface area contributed by atoms with Crippen molar-refractivity contribution in [3.8, 4) is 0 Å². The number of ketones is 1. The number of rotatable bonds is 3. The Hall–Kier alpha value is -0.710. The molecule has 94 valence electrons. The number of thiophene rings is 1. The van der Waals surface area contributed by atoms with E-state index >= 15 is 0 Å². The number of aryl methyl sites for hydroxylation is 1. The van der Waals surface area contributed by atoms with Crippen molar-refractivity contribution in [3.63, 3.8) is 0 Å². The van der Waals surface area contributed by atoms with Gasteiger partial charge in [-0.3, -0.25) is 4.79 Å². The summed E-state index contributed by atoms with van der Waals surface area (Å²) < 4.78 is 0. The molecule has 0 aromatic carbocycles. The van der Waals surface area contributed by atoms with Gasteiger partial charge in [0.15, 0.2) is 5.78 Å². The zero-order chi connectivity index (χ0) is 12.4. The van der Waals surface area contributed by atoms with E-state index in [-0.39, 0.29) is 0 Å². The first kappa shape index (κ1) is 12.7. The van der Waals surface area contributed by atoms with E-state index in [0.717, 1.165) is 30.1 Å². The van der Waals surface area contributed by atoms with Gasteiger partial charge in [-0.15, -0.1) is 11.3 Å². The highest BCUT2D eigenvalue weighted by Gasteiger charge is 2.25. The predicted octanol–water partition coefficient (Wildman–Crippen LogP) is 1.88. The minimum atomic E-state index is 0.296. The van der Waals surface area contributed by atoms with E-state index in [9.17, 15) is 4.79 Å². The quantitative estimate of drug-likeness (QED) is 0.767. The number of nitrogens with zero attached hydrogens (tertiary/aromatic N) is 2. The largest absolute Gasteiger partial charge is 0.304 e. The maximum atomic E-state index is 12.2. The van der Waals surface area contributed by atoms with Crippen LogP contribution in [0.5, 0.6) is 0 Å². The molecule has 1 aliphatic rings. The number of likely N-dealkylation sites (N-methyl/N-ethyl adjacent to an activating group) is 2. The fourth-order valence-corrected chi connectivity index (χ4v) is 3.16. The first-order chi connectivity index (χ1) is 8.08. The lowest BCUT2D eigenvalue weighted by Gasteiger charge is -2.37. The van der Waals surface area contributed by atoms with Crippen LogP contribution in [0.2, 0.25) is 0 Å². The molecule has 1 unspecified atom stereocenters. The summed E-state index contributed by atoms with van der Waals surface area (Å²) in [5.74, 6) is 0.296. The molecule has 17 heavy (non-hydrogen) atoms. The van der Waals surface area contributed by atoms with Crippen molar-refractivity contribution in [1.29, 1.82) is 0 Å². The SMILES string of the molecule is Cc1ccsc1C(=O)CC1CN(C)CCN1C. The normalized spacial score (nSPS) is 22.9. The highest BCUT2D eigenvalue weighted by Crippen LogP contribution is 2.20. The van der Waals surface area contributed by atoms with E-state index in [1.54, 1.807) is 11.3 Å². The number of Topliss-reactive ketones (excluding diaryl/α,β-unsaturated/α-hetero) is 1. The third-order valence-corrected chi connectivity index (χ3v) is 4.57. The van der Waals surface area contributed by atoms with Gasteiger partial charge in [-0.1, -0.05) is 0 Å². The van der Waals surface area contributed by atoms with E-state index in [0.29, 0.717) is 18.2 Å². The van der Waals surface area contributed by atoms with Gasteiger partial charge in [0.25, 0.3) is 0 Å². The van der Waals surface area contributed by atoms with Crippen LogP contribution < -0.4 is 0 Å². The van der Waals surface area contributed by atoms with Crippen LogP contribution in [0.25, 0.3) is 0 Å². The van der Waals surface area contributed by atoms with Gasteiger partial charge < -0.3 is 9.80 Å². The second-order valence-corrected chi connectivity index (χ2v) is 5.87. The molecule has 0 aliphatic carbocycles. The summed E-state index contributed by atoms with van der Waals surface area (Å²) >= 11 is 1.57. The second-order valence-electron chi connectivity index (χ2n) is 4.96.